The molecule has 0 aliphatic rings. The average molecular weight is 426 g/mol. The Kier molecular flexibility index (Phi) is 6.27. The molecule has 0 fully saturated rings. The van der Waals surface area contributed by atoms with Crippen molar-refractivity contribution >= 4 is 17.9 Å². The molecule has 2 N–H and O–H groups in total. The molecule has 0 spiro atoms. The van der Waals surface area contributed by atoms with Crippen molar-refractivity contribution in [2.24, 2.45) is 0 Å². The van der Waals surface area contributed by atoms with Gasteiger partial charge in [-0.2, -0.15) is 0 Å². The van der Waals surface area contributed by atoms with E-state index in [0.29, 0.717) is 17.9 Å². The van der Waals surface area contributed by atoms with Crippen LogP contribution >= 0.6 is 0 Å². The molecule has 0 aliphatic heterocycles. The Morgan fingerprint density at radius 1 is 1.06 bits per heavy atom. The van der Waals surface area contributed by atoms with Crippen molar-refractivity contribution in [3.05, 3.63) is 114 Å². The van der Waals surface area contributed by atoms with Crippen LogP contribution in [0.15, 0.2) is 95.8 Å². The summed E-state index contributed by atoms with van der Waals surface area (Å²) in [6.45, 7) is 2.25. The van der Waals surface area contributed by atoms with Gasteiger partial charge in [0.1, 0.15) is 11.5 Å². The van der Waals surface area contributed by atoms with Gasteiger partial charge < -0.3 is 19.6 Å². The van der Waals surface area contributed by atoms with Gasteiger partial charge in [0.05, 0.1) is 12.6 Å². The van der Waals surface area contributed by atoms with Gasteiger partial charge in [0, 0.05) is 36.3 Å². The molecule has 32 heavy (non-hydrogen) atoms. The molecule has 2 amide bonds. The number of aryl methyl sites for hydroxylation is 1. The molecule has 0 unspecified atom stereocenters. The van der Waals surface area contributed by atoms with Gasteiger partial charge in [-0.3, -0.25) is 9.59 Å². The number of aromatic nitrogens is 2. The zero-order valence-corrected chi connectivity index (χ0v) is 17.5. The Morgan fingerprint density at radius 2 is 1.84 bits per heavy atom. The lowest BCUT2D eigenvalue weighted by atomic mass is 10.1. The van der Waals surface area contributed by atoms with Crippen LogP contribution in [0.25, 0.3) is 11.8 Å². The van der Waals surface area contributed by atoms with Gasteiger partial charge >= 0.3 is 0 Å². The van der Waals surface area contributed by atoms with Crippen molar-refractivity contribution in [3.63, 3.8) is 0 Å². The average Bonchev–Trinajstić information content (AvgIpc) is 3.52. The molecule has 0 atom stereocenters. The van der Waals surface area contributed by atoms with Crippen molar-refractivity contribution in [1.82, 2.24) is 20.2 Å². The van der Waals surface area contributed by atoms with E-state index in [1.807, 2.05) is 54.1 Å². The molecular weight excluding hydrogens is 404 g/mol. The fourth-order valence-corrected chi connectivity index (χ4v) is 3.05. The van der Waals surface area contributed by atoms with Gasteiger partial charge in [0.2, 0.25) is 0 Å². The summed E-state index contributed by atoms with van der Waals surface area (Å²) in [5, 5.41) is 5.54. The quantitative estimate of drug-likeness (QED) is 0.439. The molecule has 7 nitrogen and oxygen atoms in total. The first-order valence-corrected chi connectivity index (χ1v) is 10.1. The Hall–Kier alpha value is -4.39. The first-order chi connectivity index (χ1) is 15.6. The van der Waals surface area contributed by atoms with Gasteiger partial charge in [-0.1, -0.05) is 29.8 Å². The van der Waals surface area contributed by atoms with Crippen molar-refractivity contribution in [2.75, 3.05) is 0 Å². The van der Waals surface area contributed by atoms with Crippen LogP contribution in [0, 0.1) is 6.92 Å². The fraction of sp³-hybridized carbons (Fsp3) is 0.0800. The van der Waals surface area contributed by atoms with E-state index in [4.69, 9.17) is 4.42 Å². The molecule has 0 aliphatic carbocycles. The van der Waals surface area contributed by atoms with E-state index < -0.39 is 5.91 Å². The SMILES string of the molecule is Cc1ccc(C(=O)N/C(=C\c2ccco2)C(=O)NCc2ccc(-n3ccnc3)cc2)cc1. The van der Waals surface area contributed by atoms with E-state index in [-0.39, 0.29) is 11.6 Å². The number of hydrogen-bond acceptors (Lipinski definition) is 4. The standard InChI is InChI=1S/C25H22N4O3/c1-18-4-8-20(9-5-18)24(30)28-23(15-22-3-2-14-32-22)25(31)27-16-19-6-10-21(11-7-19)29-13-12-26-17-29/h2-15,17H,16H2,1H3,(H,27,31)(H,28,30)/b23-15-. The highest BCUT2D eigenvalue weighted by atomic mass is 16.3. The summed E-state index contributed by atoms with van der Waals surface area (Å²) in [6.07, 6.45) is 8.30. The normalized spacial score (nSPS) is 11.2. The summed E-state index contributed by atoms with van der Waals surface area (Å²) < 4.78 is 7.21. The third kappa shape index (κ3) is 5.20. The van der Waals surface area contributed by atoms with Crippen LogP contribution in [0.3, 0.4) is 0 Å². The zero-order chi connectivity index (χ0) is 22.3. The molecule has 4 aromatic rings. The maximum atomic E-state index is 12.9. The number of amides is 2. The van der Waals surface area contributed by atoms with E-state index in [2.05, 4.69) is 15.6 Å². The van der Waals surface area contributed by atoms with Gasteiger partial charge in [-0.25, -0.2) is 4.98 Å². The topological polar surface area (TPSA) is 89.2 Å². The number of nitrogens with zero attached hydrogens (tertiary/aromatic N) is 2. The van der Waals surface area contributed by atoms with E-state index in [9.17, 15) is 9.59 Å². The summed E-state index contributed by atoms with van der Waals surface area (Å²) in [4.78, 5) is 29.6. The molecule has 160 valence electrons. The van der Waals surface area contributed by atoms with Crippen molar-refractivity contribution in [1.29, 1.82) is 0 Å². The Morgan fingerprint density at radius 3 is 2.50 bits per heavy atom. The van der Waals surface area contributed by atoms with Crippen LogP contribution in [0.1, 0.15) is 27.2 Å². The Bertz CT molecular complexity index is 1210. The summed E-state index contributed by atoms with van der Waals surface area (Å²) in [5.41, 5.74) is 3.50. The lowest BCUT2D eigenvalue weighted by molar-refractivity contribution is -0.117. The van der Waals surface area contributed by atoms with Crippen LogP contribution in [-0.2, 0) is 11.3 Å². The van der Waals surface area contributed by atoms with Crippen LogP contribution in [-0.4, -0.2) is 21.4 Å². The molecule has 0 radical (unpaired) electrons. The predicted molar refractivity (Wildman–Crippen MR) is 121 cm³/mol. The summed E-state index contributed by atoms with van der Waals surface area (Å²) >= 11 is 0. The van der Waals surface area contributed by atoms with E-state index in [0.717, 1.165) is 16.8 Å². The summed E-state index contributed by atoms with van der Waals surface area (Å²) in [6, 6.07) is 18.3. The van der Waals surface area contributed by atoms with Crippen molar-refractivity contribution in [3.8, 4) is 5.69 Å². The molecule has 0 saturated carbocycles. The molecular formula is C25H22N4O3. The number of hydrogen-bond donors (Lipinski definition) is 2. The van der Waals surface area contributed by atoms with Crippen LogP contribution < -0.4 is 10.6 Å². The minimum Gasteiger partial charge on any atom is -0.465 e. The monoisotopic (exact) mass is 426 g/mol. The number of nitrogens with one attached hydrogen (secondary N) is 2. The highest BCUT2D eigenvalue weighted by Gasteiger charge is 2.15. The van der Waals surface area contributed by atoms with E-state index >= 15 is 0 Å². The van der Waals surface area contributed by atoms with E-state index in [1.165, 1.54) is 12.3 Å². The molecule has 4 rings (SSSR count). The van der Waals surface area contributed by atoms with Crippen molar-refractivity contribution in [2.45, 2.75) is 13.5 Å². The predicted octanol–water partition coefficient (Wildman–Crippen LogP) is 3.86. The highest BCUT2D eigenvalue weighted by Crippen LogP contribution is 2.11. The minimum absolute atomic E-state index is 0.0977. The highest BCUT2D eigenvalue weighted by molar-refractivity contribution is 6.05. The van der Waals surface area contributed by atoms with Gasteiger partial charge in [0.25, 0.3) is 11.8 Å². The van der Waals surface area contributed by atoms with Crippen LogP contribution in [0.2, 0.25) is 0 Å². The number of carbonyl (C=O) groups is 2. The lowest BCUT2D eigenvalue weighted by Crippen LogP contribution is -2.34. The smallest absolute Gasteiger partial charge is 0.268 e. The molecule has 0 saturated heterocycles. The second-order valence-corrected chi connectivity index (χ2v) is 7.21. The third-order valence-corrected chi connectivity index (χ3v) is 4.83. The maximum absolute atomic E-state index is 12.9. The van der Waals surface area contributed by atoms with Gasteiger partial charge in [0.15, 0.2) is 0 Å². The number of carbonyl (C=O) groups excluding carboxylic acids is 2. The Labute approximate surface area is 185 Å². The summed E-state index contributed by atoms with van der Waals surface area (Å²) in [5.74, 6) is -0.327. The van der Waals surface area contributed by atoms with Gasteiger partial charge in [-0.15, -0.1) is 0 Å². The first-order valence-electron chi connectivity index (χ1n) is 10.1. The maximum Gasteiger partial charge on any atom is 0.268 e. The molecule has 7 heteroatoms. The largest absolute Gasteiger partial charge is 0.465 e. The Balaban J connectivity index is 1.45. The van der Waals surface area contributed by atoms with Gasteiger partial charge in [-0.05, 0) is 48.9 Å². The number of imidazole rings is 1. The molecule has 0 bridgehead atoms. The van der Waals surface area contributed by atoms with Crippen molar-refractivity contribution < 1.29 is 14.0 Å². The number of benzene rings is 2. The molecule has 2 heterocycles. The van der Waals surface area contributed by atoms with Crippen LogP contribution in [0.5, 0.6) is 0 Å². The number of rotatable bonds is 7. The first kappa shape index (κ1) is 20.9. The lowest BCUT2D eigenvalue weighted by Gasteiger charge is -2.11. The van der Waals surface area contributed by atoms with E-state index in [1.54, 1.807) is 36.8 Å². The molecule has 2 aromatic carbocycles. The number of furan rings is 1. The second-order valence-electron chi connectivity index (χ2n) is 7.21. The second kappa shape index (κ2) is 9.61. The minimum atomic E-state index is -0.416. The summed E-state index contributed by atoms with van der Waals surface area (Å²) in [7, 11) is 0. The zero-order valence-electron chi connectivity index (χ0n) is 17.5. The molecule has 2 aromatic heterocycles. The van der Waals surface area contributed by atoms with Crippen LogP contribution in [0.4, 0.5) is 0 Å². The third-order valence-electron chi connectivity index (χ3n) is 4.83. The fourth-order valence-electron chi connectivity index (χ4n) is 3.05.